The second-order valence-electron chi connectivity index (χ2n) is 10.3. The molecule has 1 aliphatic rings. The molecule has 38 heavy (non-hydrogen) atoms. The molecule has 0 aliphatic carbocycles. The van der Waals surface area contributed by atoms with Crippen molar-refractivity contribution in [2.24, 2.45) is 0 Å². The molecule has 198 valence electrons. The van der Waals surface area contributed by atoms with Gasteiger partial charge in [0.05, 0.1) is 6.61 Å². The number of likely N-dealkylation sites (tertiary alicyclic amines) is 1. The Labute approximate surface area is 229 Å². The van der Waals surface area contributed by atoms with Gasteiger partial charge in [-0.25, -0.2) is 0 Å². The largest absolute Gasteiger partial charge is 0.508 e. The Kier molecular flexibility index (Phi) is 8.45. The Hall–Kier alpha value is -3.15. The third-order valence-electron chi connectivity index (χ3n) is 7.56. The van der Waals surface area contributed by atoms with E-state index < -0.39 is 0 Å². The van der Waals surface area contributed by atoms with E-state index in [0.29, 0.717) is 5.75 Å². The highest BCUT2D eigenvalue weighted by molar-refractivity contribution is 7.22. The van der Waals surface area contributed by atoms with Gasteiger partial charge in [-0.15, -0.1) is 11.3 Å². The van der Waals surface area contributed by atoms with E-state index in [4.69, 9.17) is 4.74 Å². The van der Waals surface area contributed by atoms with Crippen molar-refractivity contribution in [1.29, 1.82) is 0 Å². The van der Waals surface area contributed by atoms with Crippen LogP contribution in [0.15, 0.2) is 60.7 Å². The zero-order chi connectivity index (χ0) is 26.5. The van der Waals surface area contributed by atoms with E-state index in [9.17, 15) is 9.90 Å². The number of benzene rings is 3. The average Bonchev–Trinajstić information content (AvgIpc) is 3.30. The second kappa shape index (κ2) is 12.1. The molecular weight excluding hydrogens is 490 g/mol. The standard InChI is InChI=1S/C33H37NO3S/c1-3-25-21-27(11-15-31(25)36)33-30(29-14-10-26(23(2)35)22-32(29)38-33)20-24-8-12-28(13-9-24)37-19-7-18-34-16-5-4-6-17-34/h8-15,21-22,36H,3-7,16-20H2,1-2H3. The number of hydrogen-bond acceptors (Lipinski definition) is 5. The minimum absolute atomic E-state index is 0.0767. The van der Waals surface area contributed by atoms with Crippen molar-refractivity contribution in [2.75, 3.05) is 26.2 Å². The maximum absolute atomic E-state index is 12.0. The van der Waals surface area contributed by atoms with Gasteiger partial charge in [0.25, 0.3) is 0 Å². The normalized spacial score (nSPS) is 14.2. The Balaban J connectivity index is 1.35. The van der Waals surface area contributed by atoms with Crippen LogP contribution in [0, 0.1) is 0 Å². The first kappa shape index (κ1) is 26.5. The van der Waals surface area contributed by atoms with E-state index in [1.165, 1.54) is 53.7 Å². The highest BCUT2D eigenvalue weighted by Gasteiger charge is 2.17. The summed E-state index contributed by atoms with van der Waals surface area (Å²) < 4.78 is 7.16. The van der Waals surface area contributed by atoms with Crippen LogP contribution in [0.2, 0.25) is 0 Å². The molecule has 0 unspecified atom stereocenters. The van der Waals surface area contributed by atoms with Gasteiger partial charge in [-0.1, -0.05) is 37.6 Å². The van der Waals surface area contributed by atoms with Gasteiger partial charge in [0.15, 0.2) is 5.78 Å². The molecule has 0 radical (unpaired) electrons. The fourth-order valence-electron chi connectivity index (χ4n) is 5.36. The van der Waals surface area contributed by atoms with Crippen LogP contribution in [0.5, 0.6) is 11.5 Å². The molecule has 4 aromatic rings. The molecule has 1 aromatic heterocycles. The third kappa shape index (κ3) is 6.11. The molecule has 4 nitrogen and oxygen atoms in total. The van der Waals surface area contributed by atoms with Crippen molar-refractivity contribution in [3.8, 4) is 21.9 Å². The lowest BCUT2D eigenvalue weighted by atomic mass is 9.97. The van der Waals surface area contributed by atoms with Gasteiger partial charge in [0.1, 0.15) is 11.5 Å². The van der Waals surface area contributed by atoms with Gasteiger partial charge >= 0.3 is 0 Å². The maximum Gasteiger partial charge on any atom is 0.159 e. The number of piperidine rings is 1. The number of ketones is 1. The Morgan fingerprint density at radius 1 is 1.00 bits per heavy atom. The summed E-state index contributed by atoms with van der Waals surface area (Å²) in [5.41, 5.74) is 5.25. The molecule has 3 aromatic carbocycles. The molecular formula is C33H37NO3S. The predicted molar refractivity (Wildman–Crippen MR) is 158 cm³/mol. The smallest absolute Gasteiger partial charge is 0.159 e. The van der Waals surface area contributed by atoms with E-state index in [0.717, 1.165) is 59.6 Å². The summed E-state index contributed by atoms with van der Waals surface area (Å²) in [7, 11) is 0. The topological polar surface area (TPSA) is 49.8 Å². The first-order chi connectivity index (χ1) is 18.5. The number of hydrogen-bond donors (Lipinski definition) is 1. The molecule has 0 spiro atoms. The van der Waals surface area contributed by atoms with Crippen molar-refractivity contribution in [2.45, 2.75) is 52.4 Å². The highest BCUT2D eigenvalue weighted by Crippen LogP contribution is 2.41. The third-order valence-corrected chi connectivity index (χ3v) is 8.81. The van der Waals surface area contributed by atoms with Crippen molar-refractivity contribution in [3.63, 3.8) is 0 Å². The second-order valence-corrected chi connectivity index (χ2v) is 11.4. The van der Waals surface area contributed by atoms with E-state index in [2.05, 4.69) is 48.2 Å². The SMILES string of the molecule is CCc1cc(-c2sc3cc(C(C)=O)ccc3c2Cc2ccc(OCCCN3CCCCC3)cc2)ccc1O. The van der Waals surface area contributed by atoms with E-state index in [1.807, 2.05) is 18.2 Å². The summed E-state index contributed by atoms with van der Waals surface area (Å²) in [4.78, 5) is 15.8. The van der Waals surface area contributed by atoms with Crippen LogP contribution in [-0.2, 0) is 12.8 Å². The number of aromatic hydroxyl groups is 1. The molecule has 0 saturated carbocycles. The number of nitrogens with zero attached hydrogens (tertiary/aromatic N) is 1. The van der Waals surface area contributed by atoms with Crippen molar-refractivity contribution in [3.05, 3.63) is 82.9 Å². The number of phenols is 1. The number of aryl methyl sites for hydroxylation is 1. The molecule has 0 amide bonds. The van der Waals surface area contributed by atoms with Crippen molar-refractivity contribution < 1.29 is 14.6 Å². The van der Waals surface area contributed by atoms with E-state index in [1.54, 1.807) is 24.3 Å². The van der Waals surface area contributed by atoms with Crippen molar-refractivity contribution >= 4 is 27.2 Å². The van der Waals surface area contributed by atoms with Gasteiger partial charge in [-0.2, -0.15) is 0 Å². The number of ether oxygens (including phenoxy) is 1. The summed E-state index contributed by atoms with van der Waals surface area (Å²) >= 11 is 1.72. The van der Waals surface area contributed by atoms with Crippen molar-refractivity contribution in [1.82, 2.24) is 4.90 Å². The number of thiophene rings is 1. The van der Waals surface area contributed by atoms with Gasteiger partial charge in [0, 0.05) is 21.7 Å². The molecule has 5 rings (SSSR count). The number of fused-ring (bicyclic) bond motifs is 1. The number of Topliss-reactive ketones (excluding diaryl/α,β-unsaturated/α-hetero) is 1. The minimum atomic E-state index is 0.0767. The molecule has 5 heteroatoms. The van der Waals surface area contributed by atoms with Crippen LogP contribution in [0.4, 0.5) is 0 Å². The lowest BCUT2D eigenvalue weighted by molar-refractivity contribution is 0.101. The first-order valence-corrected chi connectivity index (χ1v) is 14.7. The number of carbonyl (C=O) groups is 1. The quantitative estimate of drug-likeness (QED) is 0.168. The molecule has 1 aliphatic heterocycles. The van der Waals surface area contributed by atoms with E-state index >= 15 is 0 Å². The molecule has 1 saturated heterocycles. The van der Waals surface area contributed by atoms with Crippen LogP contribution < -0.4 is 4.74 Å². The summed E-state index contributed by atoms with van der Waals surface area (Å²) in [6.45, 7) is 7.99. The molecule has 0 atom stereocenters. The number of rotatable bonds is 10. The predicted octanol–water partition coefficient (Wildman–Crippen LogP) is 7.88. The maximum atomic E-state index is 12.0. The van der Waals surface area contributed by atoms with E-state index in [-0.39, 0.29) is 5.78 Å². The fourth-order valence-corrected chi connectivity index (χ4v) is 6.61. The van der Waals surface area contributed by atoms with Crippen LogP contribution >= 0.6 is 11.3 Å². The summed E-state index contributed by atoms with van der Waals surface area (Å²) in [6, 6.07) is 20.4. The molecule has 1 N–H and O–H groups in total. The zero-order valence-electron chi connectivity index (χ0n) is 22.5. The van der Waals surface area contributed by atoms with Gasteiger partial charge in [0.2, 0.25) is 0 Å². The van der Waals surface area contributed by atoms with Crippen LogP contribution in [0.25, 0.3) is 20.5 Å². The average molecular weight is 528 g/mol. The first-order valence-electron chi connectivity index (χ1n) is 13.8. The minimum Gasteiger partial charge on any atom is -0.508 e. The Morgan fingerprint density at radius 2 is 1.79 bits per heavy atom. The summed E-state index contributed by atoms with van der Waals surface area (Å²) in [5, 5.41) is 11.4. The Morgan fingerprint density at radius 3 is 2.53 bits per heavy atom. The molecule has 2 heterocycles. The van der Waals surface area contributed by atoms with Crippen LogP contribution in [0.1, 0.15) is 66.6 Å². The lowest BCUT2D eigenvalue weighted by Crippen LogP contribution is -2.31. The van der Waals surface area contributed by atoms with Crippen LogP contribution in [0.3, 0.4) is 0 Å². The summed E-state index contributed by atoms with van der Waals surface area (Å²) in [5.74, 6) is 1.33. The molecule has 0 bridgehead atoms. The molecule has 1 fully saturated rings. The van der Waals surface area contributed by atoms with Gasteiger partial charge < -0.3 is 14.7 Å². The highest BCUT2D eigenvalue weighted by atomic mass is 32.1. The van der Waals surface area contributed by atoms with Crippen LogP contribution in [-0.4, -0.2) is 42.0 Å². The zero-order valence-corrected chi connectivity index (χ0v) is 23.3. The monoisotopic (exact) mass is 527 g/mol. The summed E-state index contributed by atoms with van der Waals surface area (Å²) in [6.07, 6.45) is 6.64. The number of carbonyl (C=O) groups excluding carboxylic acids is 1. The number of phenolic OH excluding ortho intramolecular Hbond substituents is 1. The Bertz CT molecular complexity index is 1400. The lowest BCUT2D eigenvalue weighted by Gasteiger charge is -2.26. The van der Waals surface area contributed by atoms with Gasteiger partial charge in [-0.3, -0.25) is 4.79 Å². The fraction of sp³-hybridized carbons (Fsp3) is 0.364. The van der Waals surface area contributed by atoms with Gasteiger partial charge in [-0.05, 0) is 116 Å².